The minimum atomic E-state index is -0.818. The van der Waals surface area contributed by atoms with Gasteiger partial charge in [0.25, 0.3) is 0 Å². The maximum absolute atomic E-state index is 11.2. The largest absolute Gasteiger partial charge is 0.481 e. The zero-order valence-corrected chi connectivity index (χ0v) is 12.3. The van der Waals surface area contributed by atoms with Gasteiger partial charge in [0.05, 0.1) is 13.0 Å². The Labute approximate surface area is 115 Å². The first-order valence-electron chi connectivity index (χ1n) is 7.10. The standard InChI is InChI=1S/C14H28N2O3/c1-4-5-6-10(2)11(3)12(7-14(18)19)9-16-13(17)8-15/h10-12H,4-9,15H2,1-3H3,(H,16,17)(H,18,19)/t10-,11-,12+/m1/s1. The molecule has 0 spiro atoms. The Bertz CT molecular complexity index is 282. The van der Waals surface area contributed by atoms with E-state index >= 15 is 0 Å². The van der Waals surface area contributed by atoms with Crippen LogP contribution in [0.25, 0.3) is 0 Å². The van der Waals surface area contributed by atoms with E-state index in [1.165, 1.54) is 0 Å². The third-order valence-electron chi connectivity index (χ3n) is 3.84. The van der Waals surface area contributed by atoms with E-state index in [0.29, 0.717) is 12.5 Å². The van der Waals surface area contributed by atoms with Gasteiger partial charge in [-0.05, 0) is 17.8 Å². The van der Waals surface area contributed by atoms with Crippen LogP contribution in [0.15, 0.2) is 0 Å². The SMILES string of the molecule is CCCC[C@@H](C)[C@@H](C)[C@H](CNC(=O)CN)CC(=O)O. The Morgan fingerprint density at radius 1 is 1.32 bits per heavy atom. The predicted octanol–water partition coefficient (Wildman–Crippen LogP) is 1.61. The van der Waals surface area contributed by atoms with E-state index in [2.05, 4.69) is 26.1 Å². The quantitative estimate of drug-likeness (QED) is 0.563. The van der Waals surface area contributed by atoms with E-state index in [4.69, 9.17) is 10.8 Å². The smallest absolute Gasteiger partial charge is 0.303 e. The summed E-state index contributed by atoms with van der Waals surface area (Å²) in [6, 6.07) is 0. The van der Waals surface area contributed by atoms with Crippen molar-refractivity contribution in [2.24, 2.45) is 23.5 Å². The lowest BCUT2D eigenvalue weighted by atomic mass is 9.79. The first-order chi connectivity index (χ1) is 8.92. The molecule has 0 aromatic rings. The molecule has 0 aromatic carbocycles. The maximum atomic E-state index is 11.2. The number of aliphatic carboxylic acids is 1. The second-order valence-corrected chi connectivity index (χ2v) is 5.34. The topological polar surface area (TPSA) is 92.4 Å². The number of rotatable bonds is 10. The fourth-order valence-electron chi connectivity index (χ4n) is 2.24. The van der Waals surface area contributed by atoms with E-state index in [1.54, 1.807) is 0 Å². The molecule has 0 aliphatic rings. The van der Waals surface area contributed by atoms with E-state index < -0.39 is 5.97 Å². The number of hydrogen-bond acceptors (Lipinski definition) is 3. The molecule has 4 N–H and O–H groups in total. The summed E-state index contributed by atoms with van der Waals surface area (Å²) in [6.45, 7) is 6.70. The molecule has 112 valence electrons. The molecule has 0 aromatic heterocycles. The number of unbranched alkanes of at least 4 members (excludes halogenated alkanes) is 1. The summed E-state index contributed by atoms with van der Waals surface area (Å²) < 4.78 is 0. The third-order valence-corrected chi connectivity index (χ3v) is 3.84. The maximum Gasteiger partial charge on any atom is 0.303 e. The Hall–Kier alpha value is -1.10. The summed E-state index contributed by atoms with van der Waals surface area (Å²) >= 11 is 0. The van der Waals surface area contributed by atoms with Gasteiger partial charge in [-0.2, -0.15) is 0 Å². The molecule has 0 heterocycles. The lowest BCUT2D eigenvalue weighted by molar-refractivity contribution is -0.139. The highest BCUT2D eigenvalue weighted by Crippen LogP contribution is 2.27. The van der Waals surface area contributed by atoms with Crippen LogP contribution < -0.4 is 11.1 Å². The summed E-state index contributed by atoms with van der Waals surface area (Å²) in [6.07, 6.45) is 3.48. The molecule has 0 unspecified atom stereocenters. The number of carboxylic acid groups (broad SMARTS) is 1. The van der Waals surface area contributed by atoms with Crippen LogP contribution in [0, 0.1) is 17.8 Å². The van der Waals surface area contributed by atoms with Crippen molar-refractivity contribution in [3.63, 3.8) is 0 Å². The van der Waals surface area contributed by atoms with Gasteiger partial charge in [-0.1, -0.05) is 40.0 Å². The molecule has 1 amide bonds. The highest BCUT2D eigenvalue weighted by molar-refractivity contribution is 5.77. The van der Waals surface area contributed by atoms with Gasteiger partial charge in [0.15, 0.2) is 0 Å². The van der Waals surface area contributed by atoms with Gasteiger partial charge in [0, 0.05) is 6.54 Å². The minimum absolute atomic E-state index is 0.0418. The minimum Gasteiger partial charge on any atom is -0.481 e. The second kappa shape index (κ2) is 9.78. The van der Waals surface area contributed by atoms with Crippen LogP contribution in [0.2, 0.25) is 0 Å². The molecule has 19 heavy (non-hydrogen) atoms. The van der Waals surface area contributed by atoms with Crippen LogP contribution in [-0.2, 0) is 9.59 Å². The van der Waals surface area contributed by atoms with Crippen molar-refractivity contribution in [2.45, 2.75) is 46.5 Å². The average molecular weight is 272 g/mol. The number of nitrogens with one attached hydrogen (secondary N) is 1. The van der Waals surface area contributed by atoms with Gasteiger partial charge in [-0.3, -0.25) is 9.59 Å². The summed E-state index contributed by atoms with van der Waals surface area (Å²) in [7, 11) is 0. The van der Waals surface area contributed by atoms with Crippen molar-refractivity contribution < 1.29 is 14.7 Å². The van der Waals surface area contributed by atoms with Crippen molar-refractivity contribution in [1.29, 1.82) is 0 Å². The summed E-state index contributed by atoms with van der Waals surface area (Å²) in [4.78, 5) is 22.1. The number of carbonyl (C=O) groups is 2. The summed E-state index contributed by atoms with van der Waals surface area (Å²) in [5, 5.41) is 11.7. The normalized spacial score (nSPS) is 15.6. The Balaban J connectivity index is 4.45. The van der Waals surface area contributed by atoms with E-state index in [0.717, 1.165) is 19.3 Å². The number of carboxylic acids is 1. The van der Waals surface area contributed by atoms with Crippen molar-refractivity contribution >= 4 is 11.9 Å². The monoisotopic (exact) mass is 272 g/mol. The van der Waals surface area contributed by atoms with Crippen LogP contribution in [0.4, 0.5) is 0 Å². The van der Waals surface area contributed by atoms with Crippen molar-refractivity contribution in [1.82, 2.24) is 5.32 Å². The van der Waals surface area contributed by atoms with Gasteiger partial charge in [-0.25, -0.2) is 0 Å². The molecule has 3 atom stereocenters. The fraction of sp³-hybridized carbons (Fsp3) is 0.857. The first-order valence-corrected chi connectivity index (χ1v) is 7.10. The van der Waals surface area contributed by atoms with Crippen LogP contribution in [0.1, 0.15) is 46.5 Å². The molecular weight excluding hydrogens is 244 g/mol. The van der Waals surface area contributed by atoms with Crippen LogP contribution in [-0.4, -0.2) is 30.1 Å². The molecule has 0 rings (SSSR count). The number of nitrogens with two attached hydrogens (primary N) is 1. The number of carbonyl (C=O) groups excluding carboxylic acids is 1. The molecule has 0 bridgehead atoms. The molecule has 5 nitrogen and oxygen atoms in total. The van der Waals surface area contributed by atoms with Crippen molar-refractivity contribution in [3.8, 4) is 0 Å². The van der Waals surface area contributed by atoms with Gasteiger partial charge in [0.1, 0.15) is 0 Å². The zero-order valence-electron chi connectivity index (χ0n) is 12.3. The zero-order chi connectivity index (χ0) is 14.8. The molecular formula is C14H28N2O3. The predicted molar refractivity (Wildman–Crippen MR) is 75.7 cm³/mol. The lowest BCUT2D eigenvalue weighted by Gasteiger charge is -2.28. The Morgan fingerprint density at radius 3 is 2.42 bits per heavy atom. The summed E-state index contributed by atoms with van der Waals surface area (Å²) in [5.41, 5.74) is 5.23. The Kier molecular flexibility index (Phi) is 9.21. The van der Waals surface area contributed by atoms with Gasteiger partial charge in [0.2, 0.25) is 5.91 Å². The molecule has 0 aliphatic carbocycles. The highest BCUT2D eigenvalue weighted by Gasteiger charge is 2.25. The fourth-order valence-corrected chi connectivity index (χ4v) is 2.24. The highest BCUT2D eigenvalue weighted by atomic mass is 16.4. The van der Waals surface area contributed by atoms with Gasteiger partial charge >= 0.3 is 5.97 Å². The average Bonchev–Trinajstić information content (AvgIpc) is 2.38. The van der Waals surface area contributed by atoms with E-state index in [1.807, 2.05) is 0 Å². The molecule has 5 heteroatoms. The van der Waals surface area contributed by atoms with Crippen LogP contribution >= 0.6 is 0 Å². The van der Waals surface area contributed by atoms with Gasteiger partial charge < -0.3 is 16.2 Å². The van der Waals surface area contributed by atoms with Crippen molar-refractivity contribution in [3.05, 3.63) is 0 Å². The Morgan fingerprint density at radius 2 is 1.95 bits per heavy atom. The van der Waals surface area contributed by atoms with E-state index in [9.17, 15) is 9.59 Å². The first kappa shape index (κ1) is 17.9. The third kappa shape index (κ3) is 7.82. The van der Waals surface area contributed by atoms with Crippen LogP contribution in [0.5, 0.6) is 0 Å². The number of amides is 1. The molecule has 0 saturated heterocycles. The molecule has 0 fully saturated rings. The molecule has 0 radical (unpaired) electrons. The van der Waals surface area contributed by atoms with Crippen molar-refractivity contribution in [2.75, 3.05) is 13.1 Å². The number of hydrogen-bond donors (Lipinski definition) is 3. The second-order valence-electron chi connectivity index (χ2n) is 5.34. The summed E-state index contributed by atoms with van der Waals surface area (Å²) in [5.74, 6) is -0.370. The van der Waals surface area contributed by atoms with Gasteiger partial charge in [-0.15, -0.1) is 0 Å². The van der Waals surface area contributed by atoms with Crippen LogP contribution in [0.3, 0.4) is 0 Å². The molecule has 0 aliphatic heterocycles. The molecule has 0 saturated carbocycles. The lowest BCUT2D eigenvalue weighted by Crippen LogP contribution is -2.37. The van der Waals surface area contributed by atoms with E-state index in [-0.39, 0.29) is 30.7 Å².